The number of aryl methyl sites for hydroxylation is 2. The quantitative estimate of drug-likeness (QED) is 0.111. The Bertz CT molecular complexity index is 2740. The van der Waals surface area contributed by atoms with Crippen molar-refractivity contribution in [3.63, 3.8) is 0 Å². The Morgan fingerprint density at radius 2 is 1.14 bits per heavy atom. The Hall–Kier alpha value is -6.25. The summed E-state index contributed by atoms with van der Waals surface area (Å²) in [6.45, 7) is 8.29. The Kier molecular flexibility index (Phi) is 9.68. The topological polar surface area (TPSA) is 129 Å². The van der Waals surface area contributed by atoms with E-state index < -0.39 is 0 Å². The highest BCUT2D eigenvalue weighted by molar-refractivity contribution is 6.01. The molecule has 0 spiro atoms. The molecule has 2 aliphatic rings. The summed E-state index contributed by atoms with van der Waals surface area (Å²) >= 11 is 0. The van der Waals surface area contributed by atoms with Gasteiger partial charge in [0.1, 0.15) is 5.82 Å². The predicted octanol–water partition coefficient (Wildman–Crippen LogP) is 9.98. The van der Waals surface area contributed by atoms with Gasteiger partial charge in [-0.25, -0.2) is 4.98 Å². The van der Waals surface area contributed by atoms with Gasteiger partial charge in [-0.1, -0.05) is 98.8 Å². The molecule has 282 valence electrons. The highest BCUT2D eigenvalue weighted by Crippen LogP contribution is 2.49. The number of imidazole rings is 1. The van der Waals surface area contributed by atoms with E-state index in [1.54, 1.807) is 0 Å². The summed E-state index contributed by atoms with van der Waals surface area (Å²) in [5.74, 6) is 0.680. The van der Waals surface area contributed by atoms with Crippen molar-refractivity contribution in [2.75, 3.05) is 0 Å². The Balaban J connectivity index is 0.000000151. The first kappa shape index (κ1) is 36.7. The number of benzene rings is 6. The van der Waals surface area contributed by atoms with Crippen molar-refractivity contribution in [2.45, 2.75) is 71.0 Å². The van der Waals surface area contributed by atoms with E-state index in [2.05, 4.69) is 104 Å². The van der Waals surface area contributed by atoms with Crippen molar-refractivity contribution < 1.29 is 9.59 Å². The molecule has 2 aromatic heterocycles. The fourth-order valence-corrected chi connectivity index (χ4v) is 8.04. The maximum absolute atomic E-state index is 13.2. The van der Waals surface area contributed by atoms with E-state index in [0.29, 0.717) is 12.1 Å². The average molecular weight is 741 g/mol. The Labute approximate surface area is 326 Å². The molecule has 0 bridgehead atoms. The third kappa shape index (κ3) is 6.81. The van der Waals surface area contributed by atoms with E-state index in [9.17, 15) is 9.59 Å². The first-order valence-corrected chi connectivity index (χ1v) is 19.6. The van der Waals surface area contributed by atoms with Crippen LogP contribution in [-0.4, -0.2) is 26.8 Å². The molecule has 2 aliphatic carbocycles. The van der Waals surface area contributed by atoms with E-state index in [0.717, 1.165) is 70.1 Å². The second-order valence-electron chi connectivity index (χ2n) is 14.9. The van der Waals surface area contributed by atoms with Crippen LogP contribution in [0.2, 0.25) is 0 Å². The SMILES string of the molecule is CC.Cc1cc2[nH]c(CN)nc2cc1C(=O)NC1(c2cccc3ccccc23)CC1.Cc1cc2[nH]ccc2cc1C(=O)NC1(c2cccc3ccccc23)CC1. The number of carbonyl (C=O) groups is 2. The molecular weight excluding hydrogens is 693 g/mol. The van der Waals surface area contributed by atoms with Crippen molar-refractivity contribution in [2.24, 2.45) is 5.73 Å². The van der Waals surface area contributed by atoms with Gasteiger partial charge in [0, 0.05) is 28.2 Å². The largest absolute Gasteiger partial charge is 0.361 e. The number of H-pyrrole nitrogens is 2. The van der Waals surface area contributed by atoms with Crippen molar-refractivity contribution in [3.8, 4) is 0 Å². The van der Waals surface area contributed by atoms with Crippen LogP contribution >= 0.6 is 0 Å². The molecule has 8 nitrogen and oxygen atoms in total. The maximum atomic E-state index is 13.2. The zero-order chi connectivity index (χ0) is 39.0. The van der Waals surface area contributed by atoms with Crippen LogP contribution in [-0.2, 0) is 17.6 Å². The summed E-state index contributed by atoms with van der Waals surface area (Å²) < 4.78 is 0. The van der Waals surface area contributed by atoms with E-state index in [-0.39, 0.29) is 22.9 Å². The number of nitrogens with zero attached hydrogens (tertiary/aromatic N) is 1. The number of amides is 2. The molecule has 2 saturated carbocycles. The number of hydrogen-bond donors (Lipinski definition) is 5. The first-order chi connectivity index (χ1) is 27.3. The lowest BCUT2D eigenvalue weighted by atomic mass is 9.96. The number of rotatable bonds is 7. The van der Waals surface area contributed by atoms with Gasteiger partial charge in [-0.05, 0) is 114 Å². The normalized spacial score (nSPS) is 14.7. The second kappa shape index (κ2) is 14.8. The third-order valence-corrected chi connectivity index (χ3v) is 11.3. The standard InChI is InChI=1S/C23H22N4O.C23H20N2O.C2H6/c1-14-11-19-20(26-21(13-24)25-19)12-17(14)22(28)27-23(9-10-23)18-8-4-6-15-5-2-3-7-16(15)18;1-15-13-21-17(9-12-24-21)14-19(15)22(26)25-23(10-11-23)20-8-4-6-16-5-2-3-7-18(16)20;1-2/h2-8,11-12H,9-10,13,24H2,1H3,(H,25,26)(H,27,28);2-9,12-14,24H,10-11H2,1H3,(H,25,26);1-2H3. The third-order valence-electron chi connectivity index (χ3n) is 11.3. The lowest BCUT2D eigenvalue weighted by molar-refractivity contribution is 0.0922. The molecule has 6 N–H and O–H groups in total. The van der Waals surface area contributed by atoms with Crippen molar-refractivity contribution in [1.29, 1.82) is 0 Å². The summed E-state index contributed by atoms with van der Waals surface area (Å²) in [6.07, 6.45) is 5.78. The van der Waals surface area contributed by atoms with Crippen LogP contribution in [0.25, 0.3) is 43.5 Å². The van der Waals surface area contributed by atoms with Gasteiger partial charge in [-0.3, -0.25) is 9.59 Å². The summed E-state index contributed by atoms with van der Waals surface area (Å²) in [7, 11) is 0. The molecule has 8 aromatic rings. The molecule has 0 radical (unpaired) electrons. The Morgan fingerprint density at radius 1 is 0.643 bits per heavy atom. The summed E-state index contributed by atoms with van der Waals surface area (Å²) in [5, 5.41) is 12.6. The van der Waals surface area contributed by atoms with Gasteiger partial charge in [-0.15, -0.1) is 0 Å². The number of nitrogens with one attached hydrogen (secondary N) is 4. The zero-order valence-corrected chi connectivity index (χ0v) is 32.4. The lowest BCUT2D eigenvalue weighted by Crippen LogP contribution is -2.35. The van der Waals surface area contributed by atoms with E-state index in [1.165, 1.54) is 32.7 Å². The molecule has 0 saturated heterocycles. The molecule has 10 rings (SSSR count). The molecule has 0 atom stereocenters. The van der Waals surface area contributed by atoms with Crippen molar-refractivity contribution in [1.82, 2.24) is 25.6 Å². The van der Waals surface area contributed by atoms with Gasteiger partial charge in [-0.2, -0.15) is 0 Å². The van der Waals surface area contributed by atoms with Crippen molar-refractivity contribution in [3.05, 3.63) is 161 Å². The average Bonchev–Trinajstić information content (AvgIpc) is 4.09. The second-order valence-corrected chi connectivity index (χ2v) is 14.9. The van der Waals surface area contributed by atoms with Gasteiger partial charge >= 0.3 is 0 Å². The fourth-order valence-electron chi connectivity index (χ4n) is 8.04. The number of aromatic nitrogens is 3. The highest BCUT2D eigenvalue weighted by Gasteiger charge is 2.47. The molecule has 8 heteroatoms. The monoisotopic (exact) mass is 740 g/mol. The minimum atomic E-state index is -0.284. The number of nitrogens with two attached hydrogens (primary N) is 1. The van der Waals surface area contributed by atoms with Crippen LogP contribution < -0.4 is 16.4 Å². The molecule has 56 heavy (non-hydrogen) atoms. The van der Waals surface area contributed by atoms with E-state index in [1.807, 2.05) is 70.3 Å². The molecule has 2 fully saturated rings. The van der Waals surface area contributed by atoms with Gasteiger partial charge in [0.05, 0.1) is 28.7 Å². The summed E-state index contributed by atoms with van der Waals surface area (Å²) in [4.78, 5) is 37.1. The fraction of sp³-hybridized carbons (Fsp3) is 0.229. The van der Waals surface area contributed by atoms with Gasteiger partial charge in [0.2, 0.25) is 0 Å². The number of fused-ring (bicyclic) bond motifs is 4. The molecule has 0 aliphatic heterocycles. The van der Waals surface area contributed by atoms with Gasteiger partial charge < -0.3 is 26.3 Å². The maximum Gasteiger partial charge on any atom is 0.252 e. The molecule has 0 unspecified atom stereocenters. The van der Waals surface area contributed by atoms with Gasteiger partial charge in [0.25, 0.3) is 11.8 Å². The number of aromatic amines is 2. The number of hydrogen-bond acceptors (Lipinski definition) is 4. The van der Waals surface area contributed by atoms with Crippen LogP contribution in [0.15, 0.2) is 121 Å². The molecule has 2 heterocycles. The van der Waals surface area contributed by atoms with E-state index >= 15 is 0 Å². The Morgan fingerprint density at radius 3 is 1.68 bits per heavy atom. The first-order valence-electron chi connectivity index (χ1n) is 19.6. The van der Waals surface area contributed by atoms with Crippen LogP contribution in [0, 0.1) is 13.8 Å². The number of carbonyl (C=O) groups excluding carboxylic acids is 2. The van der Waals surface area contributed by atoms with Crippen LogP contribution in [0.1, 0.15) is 88.3 Å². The lowest BCUT2D eigenvalue weighted by Gasteiger charge is -2.21. The van der Waals surface area contributed by atoms with Gasteiger partial charge in [0.15, 0.2) is 0 Å². The van der Waals surface area contributed by atoms with Crippen LogP contribution in [0.3, 0.4) is 0 Å². The summed E-state index contributed by atoms with van der Waals surface area (Å²) in [5.41, 5.74) is 13.6. The van der Waals surface area contributed by atoms with Crippen molar-refractivity contribution >= 4 is 55.3 Å². The summed E-state index contributed by atoms with van der Waals surface area (Å²) in [6, 6.07) is 39.3. The van der Waals surface area contributed by atoms with E-state index in [4.69, 9.17) is 5.73 Å². The minimum Gasteiger partial charge on any atom is -0.361 e. The predicted molar refractivity (Wildman–Crippen MR) is 228 cm³/mol. The zero-order valence-electron chi connectivity index (χ0n) is 32.4. The molecule has 6 aromatic carbocycles. The van der Waals surface area contributed by atoms with Crippen LogP contribution in [0.4, 0.5) is 0 Å². The van der Waals surface area contributed by atoms with Crippen LogP contribution in [0.5, 0.6) is 0 Å². The molecular formula is C48H48N6O2. The smallest absolute Gasteiger partial charge is 0.252 e. The minimum absolute atomic E-state index is 0.0102. The highest BCUT2D eigenvalue weighted by atomic mass is 16.2. The molecule has 2 amide bonds.